The van der Waals surface area contributed by atoms with Gasteiger partial charge in [-0.3, -0.25) is 0 Å². The van der Waals surface area contributed by atoms with Crippen molar-refractivity contribution in [2.24, 2.45) is 17.8 Å². The van der Waals surface area contributed by atoms with Gasteiger partial charge in [-0.15, -0.1) is 0 Å². The first kappa shape index (κ1) is 12.4. The van der Waals surface area contributed by atoms with Crippen LogP contribution in [0.4, 0.5) is 0 Å². The van der Waals surface area contributed by atoms with Crippen LogP contribution in [0.25, 0.3) is 0 Å². The second kappa shape index (κ2) is 6.05. The zero-order valence-corrected chi connectivity index (χ0v) is 11.2. The third kappa shape index (κ3) is 3.23. The molecule has 2 rings (SSSR count). The van der Waals surface area contributed by atoms with Crippen molar-refractivity contribution >= 4 is 0 Å². The first-order valence-corrected chi connectivity index (χ1v) is 7.50. The molecule has 1 heteroatoms. The summed E-state index contributed by atoms with van der Waals surface area (Å²) in [6.07, 6.45) is 11.8. The smallest absolute Gasteiger partial charge is 0.0101 e. The maximum absolute atomic E-state index is 3.76. The van der Waals surface area contributed by atoms with Crippen molar-refractivity contribution in [2.45, 2.75) is 71.3 Å². The van der Waals surface area contributed by atoms with Crippen molar-refractivity contribution in [3.8, 4) is 0 Å². The van der Waals surface area contributed by atoms with Crippen molar-refractivity contribution in [3.05, 3.63) is 0 Å². The molecule has 1 heterocycles. The minimum Gasteiger partial charge on any atom is -0.314 e. The Morgan fingerprint density at radius 3 is 2.31 bits per heavy atom. The third-order valence-corrected chi connectivity index (χ3v) is 4.63. The Bertz CT molecular complexity index is 192. The topological polar surface area (TPSA) is 12.0 Å². The van der Waals surface area contributed by atoms with E-state index in [1.165, 1.54) is 57.9 Å². The zero-order valence-electron chi connectivity index (χ0n) is 11.2. The molecule has 1 N–H and O–H groups in total. The summed E-state index contributed by atoms with van der Waals surface area (Å²) in [7, 11) is 0. The fourth-order valence-corrected chi connectivity index (χ4v) is 3.86. The Morgan fingerprint density at radius 2 is 1.69 bits per heavy atom. The lowest BCUT2D eigenvalue weighted by Gasteiger charge is -2.28. The van der Waals surface area contributed by atoms with Gasteiger partial charge in [0.25, 0.3) is 0 Å². The van der Waals surface area contributed by atoms with E-state index in [1.54, 1.807) is 0 Å². The summed E-state index contributed by atoms with van der Waals surface area (Å²) in [5, 5.41) is 3.76. The van der Waals surface area contributed by atoms with E-state index in [2.05, 4.69) is 19.2 Å². The molecule has 0 radical (unpaired) electrons. The SMILES string of the molecule is CC(C)CC1NCCC1C1CCCCCC1. The van der Waals surface area contributed by atoms with Gasteiger partial charge >= 0.3 is 0 Å². The highest BCUT2D eigenvalue weighted by Crippen LogP contribution is 2.36. The molecule has 0 amide bonds. The van der Waals surface area contributed by atoms with Crippen molar-refractivity contribution in [2.75, 3.05) is 6.54 Å². The summed E-state index contributed by atoms with van der Waals surface area (Å²) in [5.41, 5.74) is 0. The molecule has 2 atom stereocenters. The van der Waals surface area contributed by atoms with Gasteiger partial charge in [-0.25, -0.2) is 0 Å². The number of rotatable bonds is 3. The molecule has 2 aliphatic rings. The molecule has 1 nitrogen and oxygen atoms in total. The van der Waals surface area contributed by atoms with Crippen LogP contribution in [0.1, 0.15) is 65.2 Å². The zero-order chi connectivity index (χ0) is 11.4. The third-order valence-electron chi connectivity index (χ3n) is 4.63. The average Bonchev–Trinajstić information content (AvgIpc) is 2.53. The van der Waals surface area contributed by atoms with Crippen molar-refractivity contribution in [3.63, 3.8) is 0 Å². The van der Waals surface area contributed by atoms with Gasteiger partial charge in [-0.1, -0.05) is 52.4 Å². The molecule has 0 bridgehead atoms. The van der Waals surface area contributed by atoms with Gasteiger partial charge in [0.2, 0.25) is 0 Å². The van der Waals surface area contributed by atoms with E-state index in [1.807, 2.05) is 0 Å². The minimum atomic E-state index is 0.836. The first-order valence-electron chi connectivity index (χ1n) is 7.50. The number of hydrogen-bond donors (Lipinski definition) is 1. The lowest BCUT2D eigenvalue weighted by Crippen LogP contribution is -2.32. The fourth-order valence-electron chi connectivity index (χ4n) is 3.86. The van der Waals surface area contributed by atoms with E-state index in [0.717, 1.165) is 23.8 Å². The summed E-state index contributed by atoms with van der Waals surface area (Å²) in [6, 6.07) is 0.836. The average molecular weight is 223 g/mol. The van der Waals surface area contributed by atoms with Crippen LogP contribution < -0.4 is 5.32 Å². The van der Waals surface area contributed by atoms with Gasteiger partial charge in [0.15, 0.2) is 0 Å². The summed E-state index contributed by atoms with van der Waals surface area (Å²) >= 11 is 0. The molecular weight excluding hydrogens is 194 g/mol. The summed E-state index contributed by atoms with van der Waals surface area (Å²) in [6.45, 7) is 6.01. The molecule has 0 aromatic rings. The summed E-state index contributed by atoms with van der Waals surface area (Å²) in [4.78, 5) is 0. The lowest BCUT2D eigenvalue weighted by molar-refractivity contribution is 0.249. The second-order valence-electron chi connectivity index (χ2n) is 6.39. The Hall–Kier alpha value is -0.0400. The first-order chi connectivity index (χ1) is 7.77. The Morgan fingerprint density at radius 1 is 1.00 bits per heavy atom. The van der Waals surface area contributed by atoms with Crippen LogP contribution >= 0.6 is 0 Å². The molecule has 1 aliphatic carbocycles. The van der Waals surface area contributed by atoms with Crippen LogP contribution in [-0.2, 0) is 0 Å². The van der Waals surface area contributed by atoms with Gasteiger partial charge in [0.05, 0.1) is 0 Å². The van der Waals surface area contributed by atoms with E-state index >= 15 is 0 Å². The van der Waals surface area contributed by atoms with Crippen LogP contribution in [-0.4, -0.2) is 12.6 Å². The normalized spacial score (nSPS) is 33.2. The maximum atomic E-state index is 3.76. The second-order valence-corrected chi connectivity index (χ2v) is 6.39. The molecular formula is C15H29N. The van der Waals surface area contributed by atoms with Gasteiger partial charge in [-0.05, 0) is 37.1 Å². The quantitative estimate of drug-likeness (QED) is 0.714. The fraction of sp³-hybridized carbons (Fsp3) is 1.00. The highest BCUT2D eigenvalue weighted by Gasteiger charge is 2.33. The lowest BCUT2D eigenvalue weighted by atomic mass is 9.79. The molecule has 94 valence electrons. The Balaban J connectivity index is 1.90. The molecule has 0 aromatic carbocycles. The molecule has 1 saturated carbocycles. The van der Waals surface area contributed by atoms with Crippen LogP contribution in [0.2, 0.25) is 0 Å². The molecule has 16 heavy (non-hydrogen) atoms. The minimum absolute atomic E-state index is 0.836. The maximum Gasteiger partial charge on any atom is 0.0101 e. The Kier molecular flexibility index (Phi) is 4.69. The molecule has 2 fully saturated rings. The van der Waals surface area contributed by atoms with E-state index in [9.17, 15) is 0 Å². The standard InChI is InChI=1S/C15H29N/c1-12(2)11-15-14(9-10-16-15)13-7-5-3-4-6-8-13/h12-16H,3-11H2,1-2H3. The van der Waals surface area contributed by atoms with Crippen LogP contribution in [0, 0.1) is 17.8 Å². The number of nitrogens with one attached hydrogen (secondary N) is 1. The predicted molar refractivity (Wildman–Crippen MR) is 70.5 cm³/mol. The van der Waals surface area contributed by atoms with Gasteiger partial charge in [0, 0.05) is 6.04 Å². The van der Waals surface area contributed by atoms with Gasteiger partial charge < -0.3 is 5.32 Å². The van der Waals surface area contributed by atoms with Crippen LogP contribution in [0.5, 0.6) is 0 Å². The summed E-state index contributed by atoms with van der Waals surface area (Å²) in [5.74, 6) is 2.89. The van der Waals surface area contributed by atoms with Crippen LogP contribution in [0.15, 0.2) is 0 Å². The molecule has 1 aliphatic heterocycles. The van der Waals surface area contributed by atoms with E-state index < -0.39 is 0 Å². The molecule has 2 unspecified atom stereocenters. The Labute approximate surface area is 101 Å². The van der Waals surface area contributed by atoms with E-state index in [-0.39, 0.29) is 0 Å². The predicted octanol–water partition coefficient (Wildman–Crippen LogP) is 3.98. The van der Waals surface area contributed by atoms with Gasteiger partial charge in [-0.2, -0.15) is 0 Å². The molecule has 0 spiro atoms. The monoisotopic (exact) mass is 223 g/mol. The largest absolute Gasteiger partial charge is 0.314 e. The number of hydrogen-bond acceptors (Lipinski definition) is 1. The molecule has 1 saturated heterocycles. The highest BCUT2D eigenvalue weighted by molar-refractivity contribution is 4.89. The summed E-state index contributed by atoms with van der Waals surface area (Å²) < 4.78 is 0. The van der Waals surface area contributed by atoms with Crippen molar-refractivity contribution in [1.29, 1.82) is 0 Å². The van der Waals surface area contributed by atoms with E-state index in [0.29, 0.717) is 0 Å². The van der Waals surface area contributed by atoms with E-state index in [4.69, 9.17) is 0 Å². The van der Waals surface area contributed by atoms with Gasteiger partial charge in [0.1, 0.15) is 0 Å². The van der Waals surface area contributed by atoms with Crippen molar-refractivity contribution < 1.29 is 0 Å². The van der Waals surface area contributed by atoms with Crippen molar-refractivity contribution in [1.82, 2.24) is 5.32 Å². The van der Waals surface area contributed by atoms with Crippen LogP contribution in [0.3, 0.4) is 0 Å². The molecule has 0 aromatic heterocycles. The highest BCUT2D eigenvalue weighted by atomic mass is 15.0.